The number of ether oxygens (including phenoxy) is 1. The smallest absolute Gasteiger partial charge is 0.328 e. The SMILES string of the molecule is O=C1OCCC1Nc1c(-c2ccccc2)c(=O)c1=O. The van der Waals surface area contributed by atoms with E-state index in [1.165, 1.54) is 0 Å². The van der Waals surface area contributed by atoms with Crippen LogP contribution < -0.4 is 16.2 Å². The Balaban J connectivity index is 1.95. The molecule has 1 atom stereocenters. The second-order valence-electron chi connectivity index (χ2n) is 4.43. The Morgan fingerprint density at radius 2 is 1.79 bits per heavy atom. The first-order chi connectivity index (χ1) is 9.18. The molecular weight excluding hydrogens is 246 g/mol. The molecule has 0 amide bonds. The molecule has 3 rings (SSSR count). The zero-order valence-electron chi connectivity index (χ0n) is 10.0. The fraction of sp³-hybridized carbons (Fsp3) is 0.214. The molecule has 1 fully saturated rings. The van der Waals surface area contributed by atoms with Gasteiger partial charge in [0.25, 0.3) is 0 Å². The molecule has 2 aromatic rings. The Morgan fingerprint density at radius 1 is 1.05 bits per heavy atom. The van der Waals surface area contributed by atoms with Crippen LogP contribution in [-0.2, 0) is 9.53 Å². The van der Waals surface area contributed by atoms with Crippen molar-refractivity contribution in [2.45, 2.75) is 12.5 Å². The van der Waals surface area contributed by atoms with Gasteiger partial charge in [-0.05, 0) is 5.56 Å². The first-order valence-electron chi connectivity index (χ1n) is 6.00. The summed E-state index contributed by atoms with van der Waals surface area (Å²) in [5, 5.41) is 2.83. The summed E-state index contributed by atoms with van der Waals surface area (Å²) in [5.74, 6) is -0.382. The number of cyclic esters (lactones) is 1. The molecule has 0 saturated carbocycles. The number of carbonyl (C=O) groups excluding carboxylic acids is 1. The monoisotopic (exact) mass is 257 g/mol. The van der Waals surface area contributed by atoms with Crippen LogP contribution in [0.3, 0.4) is 0 Å². The number of anilines is 1. The number of nitrogens with one attached hydrogen (secondary N) is 1. The first kappa shape index (κ1) is 11.6. The second kappa shape index (κ2) is 4.35. The van der Waals surface area contributed by atoms with Gasteiger partial charge >= 0.3 is 5.97 Å². The van der Waals surface area contributed by atoms with Gasteiger partial charge in [0.1, 0.15) is 6.04 Å². The number of rotatable bonds is 3. The Hall–Kier alpha value is -2.43. The lowest BCUT2D eigenvalue weighted by atomic mass is 9.98. The maximum atomic E-state index is 11.7. The van der Waals surface area contributed by atoms with E-state index >= 15 is 0 Å². The lowest BCUT2D eigenvalue weighted by Gasteiger charge is -2.15. The third kappa shape index (κ3) is 1.83. The third-order valence-electron chi connectivity index (χ3n) is 3.23. The van der Waals surface area contributed by atoms with Gasteiger partial charge in [-0.25, -0.2) is 4.79 Å². The van der Waals surface area contributed by atoms with Gasteiger partial charge in [0.15, 0.2) is 0 Å². The number of hydrogen-bond acceptors (Lipinski definition) is 5. The highest BCUT2D eigenvalue weighted by Gasteiger charge is 2.31. The Bertz CT molecular complexity index is 698. The van der Waals surface area contributed by atoms with Gasteiger partial charge in [0.2, 0.25) is 10.9 Å². The van der Waals surface area contributed by atoms with Crippen LogP contribution in [0.5, 0.6) is 0 Å². The molecule has 1 unspecified atom stereocenters. The van der Waals surface area contributed by atoms with Crippen molar-refractivity contribution < 1.29 is 9.53 Å². The predicted molar refractivity (Wildman–Crippen MR) is 69.8 cm³/mol. The third-order valence-corrected chi connectivity index (χ3v) is 3.23. The summed E-state index contributed by atoms with van der Waals surface area (Å²) < 4.78 is 4.82. The van der Waals surface area contributed by atoms with Gasteiger partial charge in [-0.2, -0.15) is 0 Å². The van der Waals surface area contributed by atoms with Crippen molar-refractivity contribution in [1.29, 1.82) is 0 Å². The Labute approximate surface area is 108 Å². The van der Waals surface area contributed by atoms with Gasteiger partial charge in [-0.3, -0.25) is 9.59 Å². The van der Waals surface area contributed by atoms with Crippen LogP contribution in [0, 0.1) is 0 Å². The fourth-order valence-electron chi connectivity index (χ4n) is 2.21. The van der Waals surface area contributed by atoms with Crippen molar-refractivity contribution in [3.8, 4) is 11.1 Å². The summed E-state index contributed by atoms with van der Waals surface area (Å²) in [6, 6.07) is 8.39. The van der Waals surface area contributed by atoms with Gasteiger partial charge in [0.05, 0.1) is 17.9 Å². The highest BCUT2D eigenvalue weighted by atomic mass is 16.5. The van der Waals surface area contributed by atoms with E-state index in [-0.39, 0.29) is 11.7 Å². The largest absolute Gasteiger partial charge is 0.464 e. The predicted octanol–water partition coefficient (Wildman–Crippen LogP) is 0.677. The lowest BCUT2D eigenvalue weighted by Crippen LogP contribution is -2.39. The van der Waals surface area contributed by atoms with Crippen molar-refractivity contribution in [2.24, 2.45) is 0 Å². The van der Waals surface area contributed by atoms with Crippen molar-refractivity contribution in [2.75, 3.05) is 11.9 Å². The van der Waals surface area contributed by atoms with Crippen molar-refractivity contribution in [3.05, 3.63) is 50.8 Å². The Morgan fingerprint density at radius 3 is 2.42 bits per heavy atom. The molecule has 2 aromatic carbocycles. The molecule has 1 heterocycles. The average molecular weight is 257 g/mol. The van der Waals surface area contributed by atoms with Gasteiger partial charge < -0.3 is 10.1 Å². The van der Waals surface area contributed by atoms with Crippen molar-refractivity contribution in [1.82, 2.24) is 0 Å². The highest BCUT2D eigenvalue weighted by molar-refractivity contribution is 5.87. The van der Waals surface area contributed by atoms with E-state index < -0.39 is 16.9 Å². The number of hydrogen-bond donors (Lipinski definition) is 1. The maximum absolute atomic E-state index is 11.7. The molecule has 5 nitrogen and oxygen atoms in total. The number of esters is 1. The molecule has 1 aliphatic heterocycles. The molecule has 0 spiro atoms. The van der Waals surface area contributed by atoms with E-state index in [9.17, 15) is 14.4 Å². The molecule has 1 aliphatic rings. The molecule has 1 N–H and O–H groups in total. The molecule has 1 saturated heterocycles. The molecule has 5 heteroatoms. The van der Waals surface area contributed by atoms with Crippen molar-refractivity contribution >= 4 is 11.7 Å². The molecular formula is C14H11NO4. The van der Waals surface area contributed by atoms with Crippen LogP contribution in [-0.4, -0.2) is 18.6 Å². The zero-order chi connectivity index (χ0) is 13.4. The van der Waals surface area contributed by atoms with E-state index in [1.54, 1.807) is 24.3 Å². The minimum atomic E-state index is -0.571. The summed E-state index contributed by atoms with van der Waals surface area (Å²) in [4.78, 5) is 34.7. The minimum Gasteiger partial charge on any atom is -0.464 e. The van der Waals surface area contributed by atoms with Gasteiger partial charge in [-0.1, -0.05) is 30.3 Å². The van der Waals surface area contributed by atoms with Gasteiger partial charge in [0, 0.05) is 6.42 Å². The van der Waals surface area contributed by atoms with E-state index in [0.717, 1.165) is 0 Å². The molecule has 0 bridgehead atoms. The van der Waals surface area contributed by atoms with Crippen LogP contribution in [0.4, 0.5) is 5.69 Å². The van der Waals surface area contributed by atoms with Gasteiger partial charge in [-0.15, -0.1) is 0 Å². The second-order valence-corrected chi connectivity index (χ2v) is 4.43. The van der Waals surface area contributed by atoms with Crippen molar-refractivity contribution in [3.63, 3.8) is 0 Å². The summed E-state index contributed by atoms with van der Waals surface area (Å²) in [7, 11) is 0. The zero-order valence-corrected chi connectivity index (χ0v) is 10.0. The lowest BCUT2D eigenvalue weighted by molar-refractivity contribution is -0.138. The molecule has 96 valence electrons. The van der Waals surface area contributed by atoms with Crippen LogP contribution in [0.25, 0.3) is 11.1 Å². The summed E-state index contributed by atoms with van der Waals surface area (Å²) >= 11 is 0. The summed E-state index contributed by atoms with van der Waals surface area (Å²) in [6.45, 7) is 0.340. The molecule has 0 radical (unpaired) electrons. The quantitative estimate of drug-likeness (QED) is 0.646. The standard InChI is InChI=1S/C14H11NO4/c16-12-10(8-4-2-1-3-5-8)11(13(12)17)15-9-6-7-19-14(9)18/h1-5,9,15H,6-7H2. The normalized spacial score (nSPS) is 18.5. The van der Waals surface area contributed by atoms with Crippen LogP contribution >= 0.6 is 0 Å². The minimum absolute atomic E-state index is 0.222. The average Bonchev–Trinajstić information content (AvgIpc) is 2.84. The molecule has 0 aromatic heterocycles. The van der Waals surface area contributed by atoms with Crippen LogP contribution in [0.15, 0.2) is 39.9 Å². The number of benzene rings is 1. The van der Waals surface area contributed by atoms with E-state index in [2.05, 4.69) is 5.32 Å². The van der Waals surface area contributed by atoms with E-state index in [4.69, 9.17) is 4.74 Å². The Kier molecular flexibility index (Phi) is 2.67. The number of carbonyl (C=O) groups is 1. The van der Waals surface area contributed by atoms with Crippen LogP contribution in [0.1, 0.15) is 6.42 Å². The van der Waals surface area contributed by atoms with E-state index in [0.29, 0.717) is 24.2 Å². The first-order valence-corrected chi connectivity index (χ1v) is 6.00. The molecule has 0 aliphatic carbocycles. The fourth-order valence-corrected chi connectivity index (χ4v) is 2.21. The topological polar surface area (TPSA) is 72.5 Å². The van der Waals surface area contributed by atoms with E-state index in [1.807, 2.05) is 6.07 Å². The highest BCUT2D eigenvalue weighted by Crippen LogP contribution is 2.24. The molecule has 19 heavy (non-hydrogen) atoms. The summed E-state index contributed by atoms with van der Waals surface area (Å²) in [5.41, 5.74) is 0.171. The maximum Gasteiger partial charge on any atom is 0.328 e. The summed E-state index contributed by atoms with van der Waals surface area (Å²) in [6.07, 6.45) is 0.506. The van der Waals surface area contributed by atoms with Crippen LogP contribution in [0.2, 0.25) is 0 Å².